The lowest BCUT2D eigenvalue weighted by Gasteiger charge is -2.18. The predicted octanol–water partition coefficient (Wildman–Crippen LogP) is 4.69. The highest BCUT2D eigenvalue weighted by atomic mass is 16.5. The van der Waals surface area contributed by atoms with E-state index in [1.807, 2.05) is 18.7 Å². The minimum atomic E-state index is 0.0853. The fraction of sp³-hybridized carbons (Fsp3) is 0.565. The van der Waals surface area contributed by atoms with Crippen molar-refractivity contribution in [2.45, 2.75) is 66.3 Å². The van der Waals surface area contributed by atoms with Crippen molar-refractivity contribution in [1.82, 2.24) is 24.7 Å². The second-order valence-electron chi connectivity index (χ2n) is 8.07. The molecule has 3 rings (SSSR count). The van der Waals surface area contributed by atoms with E-state index in [1.54, 1.807) is 7.11 Å². The highest BCUT2D eigenvalue weighted by molar-refractivity contribution is 5.83. The Morgan fingerprint density at radius 1 is 1.10 bits per heavy atom. The summed E-state index contributed by atoms with van der Waals surface area (Å²) in [6.45, 7) is 13.3. The highest BCUT2D eigenvalue weighted by Gasteiger charge is 2.23. The lowest BCUT2D eigenvalue weighted by atomic mass is 9.97. The summed E-state index contributed by atoms with van der Waals surface area (Å²) in [6, 6.07) is 2.30. The first-order chi connectivity index (χ1) is 14.4. The Balaban J connectivity index is 2.30. The molecular formula is C23H34N6O. The third-order valence-electron chi connectivity index (χ3n) is 5.49. The van der Waals surface area contributed by atoms with Crippen LogP contribution in [0.4, 0.5) is 5.82 Å². The quantitative estimate of drug-likeness (QED) is 0.580. The summed E-state index contributed by atoms with van der Waals surface area (Å²) in [6.07, 6.45) is 1.68. The van der Waals surface area contributed by atoms with E-state index >= 15 is 0 Å². The van der Waals surface area contributed by atoms with Crippen LogP contribution < -0.4 is 5.32 Å². The van der Waals surface area contributed by atoms with E-state index < -0.39 is 0 Å². The molecule has 3 heterocycles. The number of methoxy groups -OCH3 is 1. The zero-order chi connectivity index (χ0) is 22.0. The third kappa shape index (κ3) is 3.90. The van der Waals surface area contributed by atoms with Crippen LogP contribution in [-0.2, 0) is 17.6 Å². The molecule has 162 valence electrons. The predicted molar refractivity (Wildman–Crippen MR) is 122 cm³/mol. The van der Waals surface area contributed by atoms with E-state index in [-0.39, 0.29) is 6.04 Å². The number of aryl methyl sites for hydroxylation is 3. The Morgan fingerprint density at radius 2 is 1.83 bits per heavy atom. The van der Waals surface area contributed by atoms with Gasteiger partial charge in [-0.25, -0.2) is 19.6 Å². The summed E-state index contributed by atoms with van der Waals surface area (Å²) in [5.74, 6) is 1.22. The average Bonchev–Trinajstić information content (AvgIpc) is 3.07. The van der Waals surface area contributed by atoms with Gasteiger partial charge in [0.2, 0.25) is 0 Å². The number of anilines is 1. The first-order valence-electron chi connectivity index (χ1n) is 10.8. The van der Waals surface area contributed by atoms with Crippen LogP contribution in [0, 0.1) is 6.92 Å². The molecule has 0 saturated heterocycles. The molecule has 3 aromatic rings. The lowest BCUT2D eigenvalue weighted by molar-refractivity contribution is 0.158. The summed E-state index contributed by atoms with van der Waals surface area (Å²) < 4.78 is 7.27. The van der Waals surface area contributed by atoms with Gasteiger partial charge in [-0.05, 0) is 44.2 Å². The molecule has 1 atom stereocenters. The van der Waals surface area contributed by atoms with Gasteiger partial charge in [-0.1, -0.05) is 27.7 Å². The Morgan fingerprint density at radius 3 is 2.40 bits per heavy atom. The molecule has 0 spiro atoms. The van der Waals surface area contributed by atoms with E-state index in [1.165, 1.54) is 5.56 Å². The number of ether oxygens (including phenoxy) is 1. The topological polar surface area (TPSA) is 77.8 Å². The van der Waals surface area contributed by atoms with E-state index in [0.29, 0.717) is 12.5 Å². The lowest BCUT2D eigenvalue weighted by Crippen LogP contribution is -2.14. The van der Waals surface area contributed by atoms with Gasteiger partial charge < -0.3 is 10.1 Å². The molecule has 0 bridgehead atoms. The number of hydrogen-bond donors (Lipinski definition) is 1. The maximum Gasteiger partial charge on any atom is 0.177 e. The Hall–Kier alpha value is -2.54. The highest BCUT2D eigenvalue weighted by Crippen LogP contribution is 2.35. The normalized spacial score (nSPS) is 12.7. The molecule has 0 amide bonds. The molecule has 0 aliphatic heterocycles. The van der Waals surface area contributed by atoms with Gasteiger partial charge in [0.15, 0.2) is 5.65 Å². The molecule has 1 N–H and O–H groups in total. The first-order valence-corrected chi connectivity index (χ1v) is 10.8. The number of fused-ring (bicyclic) bond motifs is 1. The maximum absolute atomic E-state index is 5.33. The van der Waals surface area contributed by atoms with Gasteiger partial charge in [0.1, 0.15) is 11.3 Å². The van der Waals surface area contributed by atoms with Crippen LogP contribution in [0.2, 0.25) is 0 Å². The van der Waals surface area contributed by atoms with Crippen molar-refractivity contribution in [3.63, 3.8) is 0 Å². The second kappa shape index (κ2) is 9.08. The number of rotatable bonds is 8. The molecule has 0 aliphatic carbocycles. The Bertz CT molecular complexity index is 1010. The largest absolute Gasteiger partial charge is 0.382 e. The summed E-state index contributed by atoms with van der Waals surface area (Å²) in [7, 11) is 3.62. The van der Waals surface area contributed by atoms with Crippen LogP contribution >= 0.6 is 0 Å². The van der Waals surface area contributed by atoms with Crippen molar-refractivity contribution < 1.29 is 4.74 Å². The molecule has 1 unspecified atom stereocenters. The number of pyridine rings is 1. The number of hydrogen-bond acceptors (Lipinski definition) is 6. The average molecular weight is 411 g/mol. The molecule has 7 nitrogen and oxygen atoms in total. The minimum Gasteiger partial charge on any atom is -0.382 e. The second-order valence-corrected chi connectivity index (χ2v) is 8.07. The molecule has 30 heavy (non-hydrogen) atoms. The van der Waals surface area contributed by atoms with Gasteiger partial charge in [-0.15, -0.1) is 0 Å². The molecule has 0 aliphatic rings. The maximum atomic E-state index is 5.33. The standard InChI is InChI=1S/C23H34N6O/c1-9-16-11-18(13(3)4)25-22(24-7)19(16)21-17(10-2)26-23-20(27-21)15(6)28-29(23)14(5)12-30-8/h11,13-14H,9-10,12H2,1-8H3,(H,24,25). The van der Waals surface area contributed by atoms with E-state index in [2.05, 4.69) is 46.0 Å². The monoisotopic (exact) mass is 410 g/mol. The number of aromatic nitrogens is 5. The van der Waals surface area contributed by atoms with Crippen LogP contribution in [0.1, 0.15) is 69.2 Å². The van der Waals surface area contributed by atoms with Crippen molar-refractivity contribution in [2.75, 3.05) is 26.1 Å². The minimum absolute atomic E-state index is 0.0853. The van der Waals surface area contributed by atoms with E-state index in [0.717, 1.165) is 58.2 Å². The molecule has 3 aromatic heterocycles. The first kappa shape index (κ1) is 22.2. The van der Waals surface area contributed by atoms with Gasteiger partial charge in [0, 0.05) is 25.4 Å². The van der Waals surface area contributed by atoms with Gasteiger partial charge >= 0.3 is 0 Å². The SMILES string of the molecule is CCc1cc(C(C)C)nc(NC)c1-c1nc2c(C)nn(C(C)COC)c2nc1CC. The molecule has 0 fully saturated rings. The Labute approximate surface area is 179 Å². The molecular weight excluding hydrogens is 376 g/mol. The summed E-state index contributed by atoms with van der Waals surface area (Å²) in [5.41, 5.74) is 7.75. The van der Waals surface area contributed by atoms with E-state index in [4.69, 9.17) is 24.8 Å². The van der Waals surface area contributed by atoms with Gasteiger partial charge in [0.25, 0.3) is 0 Å². The third-order valence-corrected chi connectivity index (χ3v) is 5.49. The van der Waals surface area contributed by atoms with Crippen molar-refractivity contribution in [2.24, 2.45) is 0 Å². The van der Waals surface area contributed by atoms with Crippen molar-refractivity contribution in [3.8, 4) is 11.3 Å². The van der Waals surface area contributed by atoms with Crippen LogP contribution in [-0.4, -0.2) is 45.5 Å². The Kier molecular flexibility index (Phi) is 6.71. The van der Waals surface area contributed by atoms with Crippen LogP contribution in [0.3, 0.4) is 0 Å². The van der Waals surface area contributed by atoms with Crippen molar-refractivity contribution >= 4 is 17.0 Å². The van der Waals surface area contributed by atoms with Crippen molar-refractivity contribution in [1.29, 1.82) is 0 Å². The van der Waals surface area contributed by atoms with Gasteiger partial charge in [0.05, 0.1) is 29.7 Å². The van der Waals surface area contributed by atoms with E-state index in [9.17, 15) is 0 Å². The van der Waals surface area contributed by atoms with Gasteiger partial charge in [-0.2, -0.15) is 5.10 Å². The smallest absolute Gasteiger partial charge is 0.177 e. The number of nitrogens with zero attached hydrogens (tertiary/aromatic N) is 5. The summed E-state index contributed by atoms with van der Waals surface area (Å²) >= 11 is 0. The molecule has 7 heteroatoms. The fourth-order valence-electron chi connectivity index (χ4n) is 3.82. The van der Waals surface area contributed by atoms with Gasteiger partial charge in [-0.3, -0.25) is 0 Å². The summed E-state index contributed by atoms with van der Waals surface area (Å²) in [4.78, 5) is 15.0. The van der Waals surface area contributed by atoms with Crippen LogP contribution in [0.25, 0.3) is 22.4 Å². The zero-order valence-electron chi connectivity index (χ0n) is 19.5. The zero-order valence-corrected chi connectivity index (χ0v) is 19.5. The van der Waals surface area contributed by atoms with Crippen LogP contribution in [0.15, 0.2) is 6.07 Å². The van der Waals surface area contributed by atoms with Crippen LogP contribution in [0.5, 0.6) is 0 Å². The molecule has 0 saturated carbocycles. The van der Waals surface area contributed by atoms with Crippen molar-refractivity contribution in [3.05, 3.63) is 28.7 Å². The molecule has 0 aromatic carbocycles. The summed E-state index contributed by atoms with van der Waals surface area (Å²) in [5, 5.41) is 8.02. The molecule has 0 radical (unpaired) electrons. The fourth-order valence-corrected chi connectivity index (χ4v) is 3.82. The number of nitrogens with one attached hydrogen (secondary N) is 1.